The van der Waals surface area contributed by atoms with E-state index in [0.29, 0.717) is 6.04 Å². The van der Waals surface area contributed by atoms with E-state index in [-0.39, 0.29) is 5.60 Å². The van der Waals surface area contributed by atoms with E-state index < -0.39 is 0 Å². The molecule has 2 fully saturated rings. The van der Waals surface area contributed by atoms with Crippen LogP contribution >= 0.6 is 0 Å². The molecule has 1 aliphatic carbocycles. The summed E-state index contributed by atoms with van der Waals surface area (Å²) in [4.78, 5) is 0. The lowest BCUT2D eigenvalue weighted by Crippen LogP contribution is -2.59. The third-order valence-corrected chi connectivity index (χ3v) is 5.85. The van der Waals surface area contributed by atoms with Crippen molar-refractivity contribution in [2.24, 2.45) is 17.8 Å². The van der Waals surface area contributed by atoms with Crippen LogP contribution in [-0.2, 0) is 9.47 Å². The maximum Gasteiger partial charge on any atom is 0.0877 e. The second kappa shape index (κ2) is 7.24. The summed E-state index contributed by atoms with van der Waals surface area (Å²) in [6, 6.07) is 0.483. The maximum absolute atomic E-state index is 6.07. The van der Waals surface area contributed by atoms with Gasteiger partial charge in [-0.15, -0.1) is 0 Å². The van der Waals surface area contributed by atoms with E-state index in [1.807, 2.05) is 7.11 Å². The Balaban J connectivity index is 2.12. The smallest absolute Gasteiger partial charge is 0.0877 e. The Labute approximate surface area is 124 Å². The first kappa shape index (κ1) is 16.3. The molecule has 1 saturated heterocycles. The Morgan fingerprint density at radius 1 is 1.20 bits per heavy atom. The van der Waals surface area contributed by atoms with E-state index in [1.54, 1.807) is 0 Å². The van der Waals surface area contributed by atoms with Crippen LogP contribution in [0.2, 0.25) is 0 Å². The molecule has 2 rings (SSSR count). The molecule has 4 atom stereocenters. The predicted octanol–water partition coefficient (Wildman–Crippen LogP) is 3.23. The summed E-state index contributed by atoms with van der Waals surface area (Å²) < 4.78 is 11.6. The van der Waals surface area contributed by atoms with Gasteiger partial charge in [-0.2, -0.15) is 0 Å². The summed E-state index contributed by atoms with van der Waals surface area (Å²) in [5.41, 5.74) is -0.0147. The summed E-state index contributed by atoms with van der Waals surface area (Å²) in [6.45, 7) is 9.75. The Morgan fingerprint density at radius 2 is 1.90 bits per heavy atom. The molecule has 1 aliphatic heterocycles. The van der Waals surface area contributed by atoms with Crippen LogP contribution in [0.15, 0.2) is 0 Å². The Kier molecular flexibility index (Phi) is 5.88. The van der Waals surface area contributed by atoms with Crippen molar-refractivity contribution in [2.45, 2.75) is 64.5 Å². The average Bonchev–Trinajstić information content (AvgIpc) is 2.48. The van der Waals surface area contributed by atoms with Crippen molar-refractivity contribution >= 4 is 0 Å². The summed E-state index contributed by atoms with van der Waals surface area (Å²) in [5, 5.41) is 3.77. The predicted molar refractivity (Wildman–Crippen MR) is 82.9 cm³/mol. The highest BCUT2D eigenvalue weighted by molar-refractivity contribution is 4.99. The minimum Gasteiger partial charge on any atom is -0.381 e. The number of rotatable bonds is 5. The largest absolute Gasteiger partial charge is 0.381 e. The van der Waals surface area contributed by atoms with Crippen LogP contribution < -0.4 is 5.32 Å². The second-order valence-electron chi connectivity index (χ2n) is 6.94. The average molecular weight is 283 g/mol. The van der Waals surface area contributed by atoms with Crippen LogP contribution in [0.4, 0.5) is 0 Å². The molecule has 118 valence electrons. The normalized spacial score (nSPS) is 35.7. The minimum absolute atomic E-state index is 0.0147. The molecular weight excluding hydrogens is 250 g/mol. The van der Waals surface area contributed by atoms with Crippen molar-refractivity contribution in [1.82, 2.24) is 5.32 Å². The fourth-order valence-electron chi connectivity index (χ4n) is 4.25. The van der Waals surface area contributed by atoms with Gasteiger partial charge < -0.3 is 14.8 Å². The van der Waals surface area contributed by atoms with Crippen LogP contribution in [0, 0.1) is 17.8 Å². The molecule has 0 aromatic heterocycles. The Hall–Kier alpha value is -0.120. The zero-order chi connectivity index (χ0) is 14.6. The fraction of sp³-hybridized carbons (Fsp3) is 1.00. The fourth-order valence-corrected chi connectivity index (χ4v) is 4.25. The second-order valence-corrected chi connectivity index (χ2v) is 6.94. The van der Waals surface area contributed by atoms with Crippen molar-refractivity contribution < 1.29 is 9.47 Å². The molecule has 3 nitrogen and oxygen atoms in total. The van der Waals surface area contributed by atoms with Gasteiger partial charge in [-0.05, 0) is 37.1 Å². The Morgan fingerprint density at radius 3 is 2.45 bits per heavy atom. The molecule has 0 aromatic carbocycles. The molecule has 0 aromatic rings. The number of nitrogens with one attached hydrogen (secondary N) is 1. The van der Waals surface area contributed by atoms with Crippen molar-refractivity contribution in [1.29, 1.82) is 0 Å². The summed E-state index contributed by atoms with van der Waals surface area (Å²) in [5.74, 6) is 2.46. The molecule has 4 unspecified atom stereocenters. The molecule has 1 N–H and O–H groups in total. The molecule has 1 heterocycles. The van der Waals surface area contributed by atoms with Crippen molar-refractivity contribution in [3.63, 3.8) is 0 Å². The van der Waals surface area contributed by atoms with Gasteiger partial charge in [-0.25, -0.2) is 0 Å². The van der Waals surface area contributed by atoms with Crippen molar-refractivity contribution in [2.75, 3.05) is 26.9 Å². The molecule has 0 spiro atoms. The van der Waals surface area contributed by atoms with E-state index in [0.717, 1.165) is 50.4 Å². The van der Waals surface area contributed by atoms with E-state index in [9.17, 15) is 0 Å². The molecule has 3 heteroatoms. The SMILES string of the molecule is CCNC(C1CCC(C)C(C)C1)C1(OC)CCOCC1. The summed E-state index contributed by atoms with van der Waals surface area (Å²) in [6.07, 6.45) is 6.10. The van der Waals surface area contributed by atoms with Crippen LogP contribution in [-0.4, -0.2) is 38.5 Å². The van der Waals surface area contributed by atoms with Gasteiger partial charge in [0.25, 0.3) is 0 Å². The lowest BCUT2D eigenvalue weighted by Gasteiger charge is -2.48. The zero-order valence-corrected chi connectivity index (χ0v) is 13.8. The molecule has 0 radical (unpaired) electrons. The molecule has 1 saturated carbocycles. The topological polar surface area (TPSA) is 30.5 Å². The van der Waals surface area contributed by atoms with Crippen molar-refractivity contribution in [3.05, 3.63) is 0 Å². The molecule has 0 amide bonds. The molecule has 2 aliphatic rings. The lowest BCUT2D eigenvalue weighted by molar-refractivity contribution is -0.125. The van der Waals surface area contributed by atoms with Crippen LogP contribution in [0.3, 0.4) is 0 Å². The van der Waals surface area contributed by atoms with E-state index in [4.69, 9.17) is 9.47 Å². The quantitative estimate of drug-likeness (QED) is 0.840. The first-order valence-corrected chi connectivity index (χ1v) is 8.49. The highest BCUT2D eigenvalue weighted by Gasteiger charge is 2.45. The molecule has 0 bridgehead atoms. The third kappa shape index (κ3) is 3.37. The Bertz CT molecular complexity index is 289. The number of likely N-dealkylation sites (N-methyl/N-ethyl adjacent to an activating group) is 1. The van der Waals surface area contributed by atoms with Crippen molar-refractivity contribution in [3.8, 4) is 0 Å². The molecular formula is C17H33NO2. The highest BCUT2D eigenvalue weighted by atomic mass is 16.5. The van der Waals surface area contributed by atoms with E-state index in [1.165, 1.54) is 19.3 Å². The van der Waals surface area contributed by atoms with Gasteiger partial charge in [-0.3, -0.25) is 0 Å². The van der Waals surface area contributed by atoms with E-state index in [2.05, 4.69) is 26.1 Å². The van der Waals surface area contributed by atoms with Gasteiger partial charge in [0.15, 0.2) is 0 Å². The maximum atomic E-state index is 6.07. The van der Waals surface area contributed by atoms with Gasteiger partial charge in [0.05, 0.1) is 5.60 Å². The van der Waals surface area contributed by atoms with Gasteiger partial charge in [0, 0.05) is 39.2 Å². The monoisotopic (exact) mass is 283 g/mol. The first-order valence-electron chi connectivity index (χ1n) is 8.49. The van der Waals surface area contributed by atoms with E-state index >= 15 is 0 Å². The molecule has 20 heavy (non-hydrogen) atoms. The van der Waals surface area contributed by atoms with Crippen LogP contribution in [0.1, 0.15) is 52.9 Å². The third-order valence-electron chi connectivity index (χ3n) is 5.85. The van der Waals surface area contributed by atoms with Gasteiger partial charge in [0.2, 0.25) is 0 Å². The number of ether oxygens (including phenoxy) is 2. The summed E-state index contributed by atoms with van der Waals surface area (Å²) in [7, 11) is 1.89. The zero-order valence-electron chi connectivity index (χ0n) is 13.8. The minimum atomic E-state index is -0.0147. The summed E-state index contributed by atoms with van der Waals surface area (Å²) >= 11 is 0. The number of hydrogen-bond acceptors (Lipinski definition) is 3. The van der Waals surface area contributed by atoms with Crippen LogP contribution in [0.25, 0.3) is 0 Å². The first-order chi connectivity index (χ1) is 9.63. The number of methoxy groups -OCH3 is 1. The van der Waals surface area contributed by atoms with Gasteiger partial charge >= 0.3 is 0 Å². The van der Waals surface area contributed by atoms with Crippen LogP contribution in [0.5, 0.6) is 0 Å². The highest BCUT2D eigenvalue weighted by Crippen LogP contribution is 2.41. The van der Waals surface area contributed by atoms with Gasteiger partial charge in [0.1, 0.15) is 0 Å². The standard InChI is InChI=1S/C17H33NO2/c1-5-18-16(15-7-6-13(2)14(3)12-15)17(19-4)8-10-20-11-9-17/h13-16,18H,5-12H2,1-4H3. The van der Waals surface area contributed by atoms with Gasteiger partial charge in [-0.1, -0.05) is 27.2 Å². The number of hydrogen-bond donors (Lipinski definition) is 1. The lowest BCUT2D eigenvalue weighted by atomic mass is 9.68.